The van der Waals surface area contributed by atoms with Crippen LogP contribution in [0.15, 0.2) is 18.3 Å². The molecule has 1 N–H and O–H groups in total. The molecule has 3 heterocycles. The van der Waals surface area contributed by atoms with Crippen LogP contribution in [-0.4, -0.2) is 26.3 Å². The molecule has 6 nitrogen and oxygen atoms in total. The molecule has 1 unspecified atom stereocenters. The fourth-order valence-corrected chi connectivity index (χ4v) is 2.76. The van der Waals surface area contributed by atoms with Gasteiger partial charge in [-0.15, -0.1) is 10.2 Å². The van der Waals surface area contributed by atoms with Crippen LogP contribution in [0.4, 0.5) is 5.82 Å². The van der Waals surface area contributed by atoms with Crippen molar-refractivity contribution in [3.63, 3.8) is 0 Å². The average Bonchev–Trinajstić information content (AvgIpc) is 2.95. The first-order chi connectivity index (χ1) is 10.3. The summed E-state index contributed by atoms with van der Waals surface area (Å²) in [4.78, 5) is 4.24. The summed E-state index contributed by atoms with van der Waals surface area (Å²) >= 11 is 0. The fourth-order valence-electron chi connectivity index (χ4n) is 2.76. The number of nitrogens with one attached hydrogen (secondary N) is 1. The highest BCUT2D eigenvalue weighted by atomic mass is 15.3. The van der Waals surface area contributed by atoms with E-state index in [-0.39, 0.29) is 0 Å². The third kappa shape index (κ3) is 2.72. The first-order valence-corrected chi connectivity index (χ1v) is 7.31. The lowest BCUT2D eigenvalue weighted by atomic mass is 9.99. The molecule has 1 aliphatic rings. The van der Waals surface area contributed by atoms with Crippen molar-refractivity contribution in [2.45, 2.75) is 32.7 Å². The smallest absolute Gasteiger partial charge is 0.143 e. The zero-order chi connectivity index (χ0) is 14.7. The highest BCUT2D eigenvalue weighted by Gasteiger charge is 2.22. The molecule has 3 rings (SSSR count). The van der Waals surface area contributed by atoms with E-state index in [1.54, 1.807) is 18.3 Å². The van der Waals surface area contributed by atoms with Crippen molar-refractivity contribution < 1.29 is 0 Å². The molecule has 1 atom stereocenters. The summed E-state index contributed by atoms with van der Waals surface area (Å²) in [5.74, 6) is 3.33. The van der Waals surface area contributed by atoms with Gasteiger partial charge in [0, 0.05) is 32.1 Å². The van der Waals surface area contributed by atoms with Gasteiger partial charge in [0.1, 0.15) is 23.5 Å². The lowest BCUT2D eigenvalue weighted by Gasteiger charge is -2.24. The minimum atomic E-state index is 0.507. The van der Waals surface area contributed by atoms with Gasteiger partial charge >= 0.3 is 0 Å². The molecule has 0 aliphatic carbocycles. The molecule has 0 aromatic carbocycles. The SMILES string of the molecule is CCc1nnc2n1CC(CNc1ncccc1C#N)CC2. The van der Waals surface area contributed by atoms with Crippen LogP contribution in [-0.2, 0) is 19.4 Å². The number of nitriles is 1. The maximum absolute atomic E-state index is 9.08. The summed E-state index contributed by atoms with van der Waals surface area (Å²) in [5, 5.41) is 20.9. The zero-order valence-electron chi connectivity index (χ0n) is 12.1. The minimum absolute atomic E-state index is 0.507. The van der Waals surface area contributed by atoms with Gasteiger partial charge in [-0.2, -0.15) is 5.26 Å². The topological polar surface area (TPSA) is 79.4 Å². The van der Waals surface area contributed by atoms with Crippen LogP contribution in [0.2, 0.25) is 0 Å². The van der Waals surface area contributed by atoms with Crippen LogP contribution in [0.25, 0.3) is 0 Å². The monoisotopic (exact) mass is 282 g/mol. The Bertz CT molecular complexity index is 656. The van der Waals surface area contributed by atoms with E-state index in [4.69, 9.17) is 5.26 Å². The third-order valence-corrected chi connectivity index (χ3v) is 3.92. The van der Waals surface area contributed by atoms with Crippen LogP contribution < -0.4 is 5.32 Å². The summed E-state index contributed by atoms with van der Waals surface area (Å²) in [6.07, 6.45) is 4.67. The van der Waals surface area contributed by atoms with Crippen LogP contribution in [0, 0.1) is 17.2 Å². The van der Waals surface area contributed by atoms with Gasteiger partial charge in [0.05, 0.1) is 5.56 Å². The Balaban J connectivity index is 1.66. The summed E-state index contributed by atoms with van der Waals surface area (Å²) in [6, 6.07) is 5.72. The van der Waals surface area contributed by atoms with Crippen molar-refractivity contribution in [1.29, 1.82) is 5.26 Å². The Morgan fingerprint density at radius 1 is 1.48 bits per heavy atom. The van der Waals surface area contributed by atoms with E-state index in [1.807, 2.05) is 0 Å². The second-order valence-electron chi connectivity index (χ2n) is 5.29. The predicted octanol–water partition coefficient (Wildman–Crippen LogP) is 1.78. The summed E-state index contributed by atoms with van der Waals surface area (Å²) < 4.78 is 2.24. The average molecular weight is 282 g/mol. The van der Waals surface area contributed by atoms with Crippen molar-refractivity contribution in [2.24, 2.45) is 5.92 Å². The van der Waals surface area contributed by atoms with Crippen LogP contribution in [0.1, 0.15) is 30.6 Å². The van der Waals surface area contributed by atoms with Crippen molar-refractivity contribution in [3.05, 3.63) is 35.5 Å². The van der Waals surface area contributed by atoms with Crippen LogP contribution >= 0.6 is 0 Å². The van der Waals surface area contributed by atoms with Gasteiger partial charge in [-0.05, 0) is 24.5 Å². The molecule has 2 aromatic rings. The second-order valence-corrected chi connectivity index (χ2v) is 5.29. The molecule has 0 saturated heterocycles. The Labute approximate surface area is 123 Å². The van der Waals surface area contributed by atoms with Crippen molar-refractivity contribution in [2.75, 3.05) is 11.9 Å². The molecule has 0 bridgehead atoms. The second kappa shape index (κ2) is 5.92. The van der Waals surface area contributed by atoms with Gasteiger partial charge < -0.3 is 9.88 Å². The molecule has 0 amide bonds. The third-order valence-electron chi connectivity index (χ3n) is 3.92. The van der Waals surface area contributed by atoms with E-state index in [2.05, 4.69) is 38.1 Å². The van der Waals surface area contributed by atoms with Crippen LogP contribution in [0.5, 0.6) is 0 Å². The van der Waals surface area contributed by atoms with Crippen LogP contribution in [0.3, 0.4) is 0 Å². The quantitative estimate of drug-likeness (QED) is 0.924. The van der Waals surface area contributed by atoms with Gasteiger partial charge in [0.25, 0.3) is 0 Å². The van der Waals surface area contributed by atoms with Gasteiger partial charge in [0.15, 0.2) is 0 Å². The summed E-state index contributed by atoms with van der Waals surface area (Å²) in [7, 11) is 0. The lowest BCUT2D eigenvalue weighted by Crippen LogP contribution is -2.27. The molecule has 1 aliphatic heterocycles. The summed E-state index contributed by atoms with van der Waals surface area (Å²) in [5.41, 5.74) is 0.590. The Kier molecular flexibility index (Phi) is 3.82. The molecule has 0 spiro atoms. The number of hydrogen-bond donors (Lipinski definition) is 1. The highest BCUT2D eigenvalue weighted by Crippen LogP contribution is 2.21. The molecule has 2 aromatic heterocycles. The number of hydrogen-bond acceptors (Lipinski definition) is 5. The first-order valence-electron chi connectivity index (χ1n) is 7.31. The number of aryl methyl sites for hydroxylation is 2. The molecule has 21 heavy (non-hydrogen) atoms. The maximum Gasteiger partial charge on any atom is 0.143 e. The normalized spacial score (nSPS) is 17.0. The molecule has 0 radical (unpaired) electrons. The largest absolute Gasteiger partial charge is 0.369 e. The summed E-state index contributed by atoms with van der Waals surface area (Å²) in [6.45, 7) is 3.85. The standard InChI is InChI=1S/C15H18N6/c1-2-13-19-20-14-6-5-11(10-21(13)14)9-18-15-12(8-16)4-3-7-17-15/h3-4,7,11H,2,5-6,9-10H2,1H3,(H,17,18). The molecule has 0 saturated carbocycles. The van der Waals surface area contributed by atoms with E-state index < -0.39 is 0 Å². The molecule has 108 valence electrons. The van der Waals surface area contributed by atoms with E-state index in [0.717, 1.165) is 44.0 Å². The van der Waals surface area contributed by atoms with Gasteiger partial charge in [-0.3, -0.25) is 0 Å². The lowest BCUT2D eigenvalue weighted by molar-refractivity contribution is 0.374. The predicted molar refractivity (Wildman–Crippen MR) is 78.7 cm³/mol. The van der Waals surface area contributed by atoms with E-state index in [9.17, 15) is 0 Å². The minimum Gasteiger partial charge on any atom is -0.369 e. The van der Waals surface area contributed by atoms with Crippen molar-refractivity contribution >= 4 is 5.82 Å². The molecule has 0 fully saturated rings. The number of rotatable bonds is 4. The number of aromatic nitrogens is 4. The highest BCUT2D eigenvalue weighted by molar-refractivity contribution is 5.51. The molecular weight excluding hydrogens is 264 g/mol. The van der Waals surface area contributed by atoms with E-state index >= 15 is 0 Å². The van der Waals surface area contributed by atoms with Gasteiger partial charge in [-0.25, -0.2) is 4.98 Å². The van der Waals surface area contributed by atoms with Gasteiger partial charge in [0.2, 0.25) is 0 Å². The number of nitrogens with zero attached hydrogens (tertiary/aromatic N) is 5. The Morgan fingerprint density at radius 3 is 3.19 bits per heavy atom. The zero-order valence-corrected chi connectivity index (χ0v) is 12.1. The van der Waals surface area contributed by atoms with Crippen molar-refractivity contribution in [1.82, 2.24) is 19.7 Å². The van der Waals surface area contributed by atoms with Gasteiger partial charge in [-0.1, -0.05) is 6.92 Å². The number of anilines is 1. The number of fused-ring (bicyclic) bond motifs is 1. The number of pyridine rings is 1. The molecule has 6 heteroatoms. The van der Waals surface area contributed by atoms with E-state index in [1.165, 1.54) is 0 Å². The maximum atomic E-state index is 9.08. The van der Waals surface area contributed by atoms with E-state index in [0.29, 0.717) is 17.3 Å². The fraction of sp³-hybridized carbons (Fsp3) is 0.467. The first kappa shape index (κ1) is 13.6. The molecular formula is C15H18N6. The Morgan fingerprint density at radius 2 is 2.38 bits per heavy atom. The van der Waals surface area contributed by atoms with Crippen molar-refractivity contribution in [3.8, 4) is 6.07 Å². The Hall–Kier alpha value is -2.42.